The number of rotatable bonds is 6. The highest BCUT2D eigenvalue weighted by molar-refractivity contribution is 9.10. The second-order valence-electron chi connectivity index (χ2n) is 5.35. The summed E-state index contributed by atoms with van der Waals surface area (Å²) in [6, 6.07) is 15.0. The van der Waals surface area contributed by atoms with Gasteiger partial charge in [0.1, 0.15) is 0 Å². The SMILES string of the molecule is CC(C)CNCc1ccc(Sc2ccc(Br)cc2)c(Br)c1. The van der Waals surface area contributed by atoms with Crippen molar-refractivity contribution in [2.75, 3.05) is 6.54 Å². The van der Waals surface area contributed by atoms with Crippen molar-refractivity contribution in [3.63, 3.8) is 0 Å². The van der Waals surface area contributed by atoms with E-state index in [2.05, 4.69) is 93.5 Å². The lowest BCUT2D eigenvalue weighted by atomic mass is 10.2. The summed E-state index contributed by atoms with van der Waals surface area (Å²) in [5, 5.41) is 3.47. The summed E-state index contributed by atoms with van der Waals surface area (Å²) in [6.45, 7) is 6.41. The summed E-state index contributed by atoms with van der Waals surface area (Å²) in [7, 11) is 0. The predicted octanol–water partition coefficient (Wildman–Crippen LogP) is 6.11. The molecule has 0 unspecified atom stereocenters. The number of nitrogens with one attached hydrogen (secondary N) is 1. The van der Waals surface area contributed by atoms with Crippen molar-refractivity contribution in [2.24, 2.45) is 5.92 Å². The van der Waals surface area contributed by atoms with Crippen LogP contribution in [0.5, 0.6) is 0 Å². The Hall–Kier alpha value is -0.290. The molecule has 0 atom stereocenters. The third kappa shape index (κ3) is 5.78. The summed E-state index contributed by atoms with van der Waals surface area (Å²) >= 11 is 8.92. The van der Waals surface area contributed by atoms with Crippen LogP contribution in [0.4, 0.5) is 0 Å². The van der Waals surface area contributed by atoms with Crippen molar-refractivity contribution in [1.82, 2.24) is 5.32 Å². The average molecular weight is 429 g/mol. The minimum absolute atomic E-state index is 0.681. The van der Waals surface area contributed by atoms with E-state index in [1.54, 1.807) is 11.8 Å². The topological polar surface area (TPSA) is 12.0 Å². The molecule has 1 nitrogen and oxygen atoms in total. The molecule has 1 N–H and O–H groups in total. The predicted molar refractivity (Wildman–Crippen MR) is 99.0 cm³/mol. The van der Waals surface area contributed by atoms with Gasteiger partial charge in [0.25, 0.3) is 0 Å². The van der Waals surface area contributed by atoms with Crippen LogP contribution < -0.4 is 5.32 Å². The maximum Gasteiger partial charge on any atom is 0.0318 e. The lowest BCUT2D eigenvalue weighted by Gasteiger charge is -2.10. The highest BCUT2D eigenvalue weighted by atomic mass is 79.9. The van der Waals surface area contributed by atoms with Crippen molar-refractivity contribution in [3.05, 3.63) is 57.0 Å². The molecule has 2 aromatic rings. The molecule has 0 fully saturated rings. The van der Waals surface area contributed by atoms with E-state index in [0.29, 0.717) is 5.92 Å². The van der Waals surface area contributed by atoms with Gasteiger partial charge in [0.2, 0.25) is 0 Å². The second kappa shape index (κ2) is 8.37. The van der Waals surface area contributed by atoms with Crippen LogP contribution >= 0.6 is 43.6 Å². The van der Waals surface area contributed by atoms with Crippen LogP contribution in [0.15, 0.2) is 61.2 Å². The van der Waals surface area contributed by atoms with E-state index in [1.165, 1.54) is 15.4 Å². The van der Waals surface area contributed by atoms with Gasteiger partial charge >= 0.3 is 0 Å². The fourth-order valence-corrected chi connectivity index (χ4v) is 3.62. The molecular weight excluding hydrogens is 410 g/mol. The average Bonchev–Trinajstić information content (AvgIpc) is 2.44. The van der Waals surface area contributed by atoms with Crippen molar-refractivity contribution < 1.29 is 0 Å². The van der Waals surface area contributed by atoms with Crippen molar-refractivity contribution >= 4 is 43.6 Å². The molecule has 0 radical (unpaired) electrons. The maximum absolute atomic E-state index is 3.68. The van der Waals surface area contributed by atoms with Crippen molar-refractivity contribution in [3.8, 4) is 0 Å². The molecule has 4 heteroatoms. The molecule has 2 rings (SSSR count). The van der Waals surface area contributed by atoms with Crippen LogP contribution in [0.3, 0.4) is 0 Å². The summed E-state index contributed by atoms with van der Waals surface area (Å²) < 4.78 is 2.26. The Labute approximate surface area is 148 Å². The molecule has 0 aliphatic heterocycles. The second-order valence-corrected chi connectivity index (χ2v) is 8.23. The van der Waals surface area contributed by atoms with Gasteiger partial charge in [-0.3, -0.25) is 0 Å². The van der Waals surface area contributed by atoms with Gasteiger partial charge in [0.15, 0.2) is 0 Å². The van der Waals surface area contributed by atoms with Gasteiger partial charge in [0, 0.05) is 25.3 Å². The van der Waals surface area contributed by atoms with Crippen molar-refractivity contribution in [1.29, 1.82) is 0 Å². The molecular formula is C17H19Br2NS. The summed E-state index contributed by atoms with van der Waals surface area (Å²) in [5.74, 6) is 0.681. The zero-order valence-corrected chi connectivity index (χ0v) is 16.2. The largest absolute Gasteiger partial charge is 0.312 e. The Morgan fingerprint density at radius 2 is 1.76 bits per heavy atom. The van der Waals surface area contributed by atoms with Gasteiger partial charge in [-0.05, 0) is 70.4 Å². The first kappa shape index (κ1) is 17.1. The number of hydrogen-bond donors (Lipinski definition) is 1. The zero-order valence-electron chi connectivity index (χ0n) is 12.2. The Morgan fingerprint density at radius 1 is 1.05 bits per heavy atom. The van der Waals surface area contributed by atoms with Crippen LogP contribution in [-0.2, 0) is 6.54 Å². The standard InChI is InChI=1S/C17H19Br2NS/c1-12(2)10-20-11-13-3-8-17(16(19)9-13)21-15-6-4-14(18)5-7-15/h3-9,12,20H,10-11H2,1-2H3. The Morgan fingerprint density at radius 3 is 2.38 bits per heavy atom. The van der Waals surface area contributed by atoms with Gasteiger partial charge in [-0.15, -0.1) is 0 Å². The van der Waals surface area contributed by atoms with Crippen LogP contribution in [0, 0.1) is 5.92 Å². The molecule has 112 valence electrons. The van der Waals surface area contributed by atoms with Gasteiger partial charge in [0.05, 0.1) is 0 Å². The van der Waals surface area contributed by atoms with Crippen LogP contribution in [0.2, 0.25) is 0 Å². The van der Waals surface area contributed by atoms with E-state index in [1.807, 2.05) is 0 Å². The molecule has 2 aromatic carbocycles. The molecule has 0 aliphatic carbocycles. The molecule has 0 spiro atoms. The maximum atomic E-state index is 3.68. The Balaban J connectivity index is 2.00. The minimum Gasteiger partial charge on any atom is -0.312 e. The van der Waals surface area contributed by atoms with E-state index in [9.17, 15) is 0 Å². The smallest absolute Gasteiger partial charge is 0.0318 e. The molecule has 0 heterocycles. The molecule has 0 bridgehead atoms. The van der Waals surface area contributed by atoms with Gasteiger partial charge in [-0.1, -0.05) is 47.6 Å². The first-order valence-corrected chi connectivity index (χ1v) is 9.37. The van der Waals surface area contributed by atoms with E-state index in [0.717, 1.165) is 22.0 Å². The number of benzene rings is 2. The van der Waals surface area contributed by atoms with E-state index >= 15 is 0 Å². The zero-order chi connectivity index (χ0) is 15.2. The minimum atomic E-state index is 0.681. The normalized spacial score (nSPS) is 11.1. The molecule has 0 saturated heterocycles. The lowest BCUT2D eigenvalue weighted by Crippen LogP contribution is -2.18. The van der Waals surface area contributed by atoms with Crippen LogP contribution in [-0.4, -0.2) is 6.54 Å². The quantitative estimate of drug-likeness (QED) is 0.595. The van der Waals surface area contributed by atoms with Crippen LogP contribution in [0.1, 0.15) is 19.4 Å². The van der Waals surface area contributed by atoms with Crippen molar-refractivity contribution in [2.45, 2.75) is 30.2 Å². The van der Waals surface area contributed by atoms with E-state index in [-0.39, 0.29) is 0 Å². The number of hydrogen-bond acceptors (Lipinski definition) is 2. The first-order valence-electron chi connectivity index (χ1n) is 6.97. The third-order valence-corrected chi connectivity index (χ3v) is 5.45. The van der Waals surface area contributed by atoms with Gasteiger partial charge < -0.3 is 5.32 Å². The Kier molecular flexibility index (Phi) is 6.80. The lowest BCUT2D eigenvalue weighted by molar-refractivity contribution is 0.552. The first-order chi connectivity index (χ1) is 10.0. The highest BCUT2D eigenvalue weighted by Gasteiger charge is 2.04. The van der Waals surface area contributed by atoms with E-state index in [4.69, 9.17) is 0 Å². The molecule has 0 amide bonds. The monoisotopic (exact) mass is 427 g/mol. The Bertz CT molecular complexity index is 582. The summed E-state index contributed by atoms with van der Waals surface area (Å²) in [6.07, 6.45) is 0. The highest BCUT2D eigenvalue weighted by Crippen LogP contribution is 2.34. The number of halogens is 2. The van der Waals surface area contributed by atoms with Gasteiger partial charge in [-0.2, -0.15) is 0 Å². The third-order valence-electron chi connectivity index (χ3n) is 2.92. The molecule has 0 aliphatic rings. The summed E-state index contributed by atoms with van der Waals surface area (Å²) in [5.41, 5.74) is 1.31. The van der Waals surface area contributed by atoms with Gasteiger partial charge in [-0.25, -0.2) is 0 Å². The fourth-order valence-electron chi connectivity index (χ4n) is 1.87. The summed E-state index contributed by atoms with van der Waals surface area (Å²) in [4.78, 5) is 2.48. The van der Waals surface area contributed by atoms with Crippen LogP contribution in [0.25, 0.3) is 0 Å². The molecule has 0 aromatic heterocycles. The molecule has 21 heavy (non-hydrogen) atoms. The fraction of sp³-hybridized carbons (Fsp3) is 0.294. The molecule has 0 saturated carbocycles. The van der Waals surface area contributed by atoms with E-state index < -0.39 is 0 Å².